The molecule has 3 N–H and O–H groups in total. The first-order chi connectivity index (χ1) is 5.15. The lowest BCUT2D eigenvalue weighted by Gasteiger charge is -2.01. The lowest BCUT2D eigenvalue weighted by atomic mass is 10.5. The molecule has 0 amide bonds. The van der Waals surface area contributed by atoms with Gasteiger partial charge in [-0.1, -0.05) is 0 Å². The Morgan fingerprint density at radius 1 is 1.82 bits per heavy atom. The molecule has 0 bridgehead atoms. The molecule has 0 atom stereocenters. The van der Waals surface area contributed by atoms with Crippen LogP contribution in [-0.4, -0.2) is 14.7 Å². The Balaban J connectivity index is 3.32. The Morgan fingerprint density at radius 3 is 3.00 bits per heavy atom. The Kier molecular flexibility index (Phi) is 1.80. The average Bonchev–Trinajstić information content (AvgIpc) is 1.97. The Morgan fingerprint density at radius 2 is 2.45 bits per heavy atom. The van der Waals surface area contributed by atoms with Crippen molar-refractivity contribution in [3.63, 3.8) is 0 Å². The molecule has 60 valence electrons. The van der Waals surface area contributed by atoms with Gasteiger partial charge in [0.2, 0.25) is 0 Å². The molecule has 1 aromatic rings. The van der Waals surface area contributed by atoms with E-state index in [1.807, 2.05) is 0 Å². The lowest BCUT2D eigenvalue weighted by Crippen LogP contribution is -2.22. The first-order valence-corrected chi connectivity index (χ1v) is 3.21. The predicted octanol–water partition coefficient (Wildman–Crippen LogP) is -0.449. The molecule has 1 heterocycles. The van der Waals surface area contributed by atoms with Crippen molar-refractivity contribution in [3.8, 4) is 5.75 Å². The van der Waals surface area contributed by atoms with E-state index >= 15 is 0 Å². The van der Waals surface area contributed by atoms with Gasteiger partial charge in [-0.15, -0.1) is 0 Å². The number of aromatic nitrogens is 2. The monoisotopic (exact) mass is 155 g/mol. The first-order valence-electron chi connectivity index (χ1n) is 3.21. The van der Waals surface area contributed by atoms with Gasteiger partial charge in [0.15, 0.2) is 11.6 Å². The largest absolute Gasteiger partial charge is 0.503 e. The van der Waals surface area contributed by atoms with E-state index in [9.17, 15) is 4.79 Å². The number of rotatable bonds is 1. The van der Waals surface area contributed by atoms with Crippen molar-refractivity contribution >= 4 is 5.82 Å². The van der Waals surface area contributed by atoms with Crippen LogP contribution in [-0.2, 0) is 6.54 Å². The second-order valence-electron chi connectivity index (χ2n) is 2.08. The van der Waals surface area contributed by atoms with E-state index in [-0.39, 0.29) is 11.6 Å². The van der Waals surface area contributed by atoms with E-state index in [0.29, 0.717) is 6.54 Å². The zero-order valence-corrected chi connectivity index (χ0v) is 6.11. The number of aromatic hydroxyl groups is 1. The number of hydrogen-bond acceptors (Lipinski definition) is 4. The second-order valence-corrected chi connectivity index (χ2v) is 2.08. The maximum Gasteiger partial charge on any atom is 0.349 e. The molecule has 5 heteroatoms. The van der Waals surface area contributed by atoms with Crippen molar-refractivity contribution in [3.05, 3.63) is 16.7 Å². The highest BCUT2D eigenvalue weighted by molar-refractivity contribution is 5.41. The van der Waals surface area contributed by atoms with Crippen LogP contribution in [0.25, 0.3) is 0 Å². The SMILES string of the molecule is CCn1cc(O)c(N)nc1=O. The van der Waals surface area contributed by atoms with E-state index in [1.165, 1.54) is 10.8 Å². The van der Waals surface area contributed by atoms with E-state index in [2.05, 4.69) is 4.98 Å². The van der Waals surface area contributed by atoms with Gasteiger partial charge < -0.3 is 10.8 Å². The predicted molar refractivity (Wildman–Crippen MR) is 40.2 cm³/mol. The lowest BCUT2D eigenvalue weighted by molar-refractivity contribution is 0.463. The summed E-state index contributed by atoms with van der Waals surface area (Å²) >= 11 is 0. The zero-order chi connectivity index (χ0) is 8.43. The van der Waals surface area contributed by atoms with Crippen LogP contribution >= 0.6 is 0 Å². The summed E-state index contributed by atoms with van der Waals surface area (Å²) in [5.74, 6) is -0.286. The van der Waals surface area contributed by atoms with Crippen LogP contribution in [0.1, 0.15) is 6.92 Å². The fourth-order valence-corrected chi connectivity index (χ4v) is 0.720. The van der Waals surface area contributed by atoms with E-state index in [0.717, 1.165) is 0 Å². The number of nitrogen functional groups attached to an aromatic ring is 1. The van der Waals surface area contributed by atoms with E-state index < -0.39 is 5.69 Å². The molecule has 0 aliphatic heterocycles. The molecule has 0 saturated heterocycles. The maximum absolute atomic E-state index is 10.9. The average molecular weight is 155 g/mol. The van der Waals surface area contributed by atoms with Crippen LogP contribution in [0.4, 0.5) is 5.82 Å². The quantitative estimate of drug-likeness (QED) is 0.575. The van der Waals surface area contributed by atoms with Crippen molar-refractivity contribution in [2.24, 2.45) is 0 Å². The molecular formula is C6H9N3O2. The minimum atomic E-state index is -0.442. The normalized spacial score (nSPS) is 9.91. The van der Waals surface area contributed by atoms with Crippen molar-refractivity contribution < 1.29 is 5.11 Å². The molecule has 1 rings (SSSR count). The minimum absolute atomic E-state index is 0.125. The molecule has 0 aliphatic rings. The van der Waals surface area contributed by atoms with Gasteiger partial charge in [0, 0.05) is 6.54 Å². The molecule has 0 saturated carbocycles. The fraction of sp³-hybridized carbons (Fsp3) is 0.333. The molecular weight excluding hydrogens is 146 g/mol. The summed E-state index contributed by atoms with van der Waals surface area (Å²) < 4.78 is 1.27. The number of aryl methyl sites for hydroxylation is 1. The smallest absolute Gasteiger partial charge is 0.349 e. The van der Waals surface area contributed by atoms with Gasteiger partial charge in [0.05, 0.1) is 6.20 Å². The first kappa shape index (κ1) is 7.59. The van der Waals surface area contributed by atoms with Crippen molar-refractivity contribution in [1.29, 1.82) is 0 Å². The molecule has 0 radical (unpaired) electrons. The van der Waals surface area contributed by atoms with Crippen LogP contribution < -0.4 is 11.4 Å². The Bertz CT molecular complexity index is 318. The van der Waals surface area contributed by atoms with Gasteiger partial charge in [-0.25, -0.2) is 4.79 Å². The van der Waals surface area contributed by atoms with Crippen LogP contribution in [0.15, 0.2) is 11.0 Å². The molecule has 0 aliphatic carbocycles. The fourth-order valence-electron chi connectivity index (χ4n) is 0.720. The molecule has 0 fully saturated rings. The zero-order valence-electron chi connectivity index (χ0n) is 6.11. The van der Waals surface area contributed by atoms with E-state index in [1.54, 1.807) is 6.92 Å². The van der Waals surface area contributed by atoms with Crippen LogP contribution in [0.3, 0.4) is 0 Å². The molecule has 0 aromatic carbocycles. The number of anilines is 1. The standard InChI is InChI=1S/C6H9N3O2/c1-2-9-3-4(10)5(7)8-6(9)11/h3,10H,2H2,1H3,(H2,7,8,11). The third-order valence-corrected chi connectivity index (χ3v) is 1.34. The number of nitrogens with two attached hydrogens (primary N) is 1. The van der Waals surface area contributed by atoms with Gasteiger partial charge in [0.25, 0.3) is 0 Å². The summed E-state index contributed by atoms with van der Waals surface area (Å²) in [5.41, 5.74) is 4.73. The third-order valence-electron chi connectivity index (χ3n) is 1.34. The van der Waals surface area contributed by atoms with Gasteiger partial charge >= 0.3 is 5.69 Å². The van der Waals surface area contributed by atoms with Gasteiger partial charge in [0.1, 0.15) is 0 Å². The highest BCUT2D eigenvalue weighted by Crippen LogP contribution is 2.11. The van der Waals surface area contributed by atoms with Crippen LogP contribution in [0, 0.1) is 0 Å². The highest BCUT2D eigenvalue weighted by Gasteiger charge is 2.01. The second kappa shape index (κ2) is 2.61. The molecule has 5 nitrogen and oxygen atoms in total. The van der Waals surface area contributed by atoms with Crippen molar-refractivity contribution in [1.82, 2.24) is 9.55 Å². The van der Waals surface area contributed by atoms with Crippen molar-refractivity contribution in [2.75, 3.05) is 5.73 Å². The minimum Gasteiger partial charge on any atom is -0.503 e. The molecule has 1 aromatic heterocycles. The van der Waals surface area contributed by atoms with Gasteiger partial charge in [-0.2, -0.15) is 4.98 Å². The third kappa shape index (κ3) is 1.31. The molecule has 11 heavy (non-hydrogen) atoms. The Hall–Kier alpha value is -1.52. The van der Waals surface area contributed by atoms with Gasteiger partial charge in [-0.05, 0) is 6.92 Å². The maximum atomic E-state index is 10.9. The molecule has 0 unspecified atom stereocenters. The summed E-state index contributed by atoms with van der Waals surface area (Å²) in [7, 11) is 0. The van der Waals surface area contributed by atoms with Crippen molar-refractivity contribution in [2.45, 2.75) is 13.5 Å². The van der Waals surface area contributed by atoms with Crippen LogP contribution in [0.5, 0.6) is 5.75 Å². The summed E-state index contributed by atoms with van der Waals surface area (Å²) in [6.45, 7) is 2.25. The molecule has 0 spiro atoms. The number of nitrogens with zero attached hydrogens (tertiary/aromatic N) is 2. The highest BCUT2D eigenvalue weighted by atomic mass is 16.3. The summed E-state index contributed by atoms with van der Waals surface area (Å²) in [4.78, 5) is 14.3. The summed E-state index contributed by atoms with van der Waals surface area (Å²) in [5, 5.41) is 9.01. The van der Waals surface area contributed by atoms with Gasteiger partial charge in [-0.3, -0.25) is 4.57 Å². The summed E-state index contributed by atoms with van der Waals surface area (Å²) in [6.07, 6.45) is 1.27. The summed E-state index contributed by atoms with van der Waals surface area (Å²) in [6, 6.07) is 0. The Labute approximate surface area is 63.1 Å². The number of hydrogen-bond donors (Lipinski definition) is 2. The topological polar surface area (TPSA) is 81.1 Å². The van der Waals surface area contributed by atoms with Crippen LogP contribution in [0.2, 0.25) is 0 Å². The van der Waals surface area contributed by atoms with E-state index in [4.69, 9.17) is 10.8 Å².